The molecule has 0 aromatic heterocycles. The van der Waals surface area contributed by atoms with Crippen LogP contribution in [0.3, 0.4) is 0 Å². The van der Waals surface area contributed by atoms with E-state index < -0.39 is 70.8 Å². The van der Waals surface area contributed by atoms with Gasteiger partial charge in [-0.1, -0.05) is 6.07 Å². The minimum Gasteiger partial charge on any atom is -0.505 e. The van der Waals surface area contributed by atoms with Gasteiger partial charge in [0, 0.05) is 24.7 Å². The lowest BCUT2D eigenvalue weighted by Gasteiger charge is -2.13. The third kappa shape index (κ3) is 8.53. The highest BCUT2D eigenvalue weighted by Crippen LogP contribution is 2.48. The normalized spacial score (nSPS) is 12.2. The van der Waals surface area contributed by atoms with Gasteiger partial charge in [0.25, 0.3) is 20.2 Å². The third-order valence-corrected chi connectivity index (χ3v) is 8.07. The fourth-order valence-electron chi connectivity index (χ4n) is 4.27. The van der Waals surface area contributed by atoms with Crippen LogP contribution in [0.15, 0.2) is 78.8 Å². The van der Waals surface area contributed by atoms with Gasteiger partial charge in [-0.15, -0.1) is 20.5 Å². The Balaban J connectivity index is 1.87. The summed E-state index contributed by atoms with van der Waals surface area (Å²) in [6, 6.07) is 8.97. The van der Waals surface area contributed by atoms with E-state index in [4.69, 9.17) is 20.3 Å². The van der Waals surface area contributed by atoms with E-state index in [0.29, 0.717) is 0 Å². The molecule has 0 saturated carbocycles. The van der Waals surface area contributed by atoms with Crippen LogP contribution in [0.4, 0.5) is 34.1 Å². The van der Waals surface area contributed by atoms with Gasteiger partial charge in [0.2, 0.25) is 5.91 Å². The number of anilines is 2. The Morgan fingerprint density at radius 1 is 0.755 bits per heavy atom. The molecule has 0 unspecified atom stereocenters. The average molecular weight is 721 g/mol. The number of nitrogens with zero attached hydrogens (tertiary/aromatic N) is 4. The zero-order valence-corrected chi connectivity index (χ0v) is 26.8. The molecule has 0 spiro atoms. The van der Waals surface area contributed by atoms with Crippen LogP contribution in [0.1, 0.15) is 6.92 Å². The molecule has 21 heteroatoms. The number of nitrogens with one attached hydrogen (secondary N) is 1. The Bertz CT molecular complexity index is 2210. The molecule has 4 aromatic rings. The number of amides is 1. The largest absolute Gasteiger partial charge is 0.505 e. The number of phenolic OH excluding ortho intramolecular Hbond substituents is 2. The summed E-state index contributed by atoms with van der Waals surface area (Å²) in [6.45, 7) is 0.0372. The van der Waals surface area contributed by atoms with Gasteiger partial charge in [0.1, 0.15) is 57.3 Å². The Labute approximate surface area is 277 Å². The Morgan fingerprint density at radius 2 is 1.35 bits per heavy atom. The van der Waals surface area contributed by atoms with Crippen molar-refractivity contribution < 1.29 is 60.6 Å². The van der Waals surface area contributed by atoms with Crippen LogP contribution < -0.4 is 20.5 Å². The van der Waals surface area contributed by atoms with Gasteiger partial charge in [-0.05, 0) is 35.7 Å². The molecule has 0 aliphatic carbocycles. The van der Waals surface area contributed by atoms with E-state index in [1.54, 1.807) is 0 Å². The third-order valence-electron chi connectivity index (χ3n) is 6.32. The van der Waals surface area contributed by atoms with Gasteiger partial charge in [-0.25, -0.2) is 0 Å². The number of nitrogen functional groups attached to an aromatic ring is 1. The van der Waals surface area contributed by atoms with Crippen LogP contribution in [0.5, 0.6) is 23.0 Å². The predicted octanol–water partition coefficient (Wildman–Crippen LogP) is 3.86. The molecule has 0 aliphatic rings. The smallest absolute Gasteiger partial charge is 0.296 e. The molecule has 1 amide bonds. The number of aromatic hydroxyl groups is 2. The number of hydrogen-bond acceptors (Lipinski definition) is 16. The van der Waals surface area contributed by atoms with Crippen LogP contribution in [0, 0.1) is 0 Å². The van der Waals surface area contributed by atoms with E-state index in [2.05, 4.69) is 25.8 Å². The fraction of sp³-hybridized carbons (Fsp3) is 0.179. The molecule has 49 heavy (non-hydrogen) atoms. The number of azo groups is 2. The molecular formula is C28H28N6O13S2. The first-order valence-electron chi connectivity index (χ1n) is 13.7. The van der Waals surface area contributed by atoms with Gasteiger partial charge in [-0.3, -0.25) is 13.9 Å². The van der Waals surface area contributed by atoms with Gasteiger partial charge in [0.15, 0.2) is 11.5 Å². The summed E-state index contributed by atoms with van der Waals surface area (Å²) in [5, 5.41) is 57.6. The Kier molecular flexibility index (Phi) is 11.0. The maximum absolute atomic E-state index is 12.3. The second kappa shape index (κ2) is 14.8. The summed E-state index contributed by atoms with van der Waals surface area (Å²) in [5.74, 6) is -2.34. The Morgan fingerprint density at radius 3 is 1.96 bits per heavy atom. The Hall–Kier alpha value is -5.45. The van der Waals surface area contributed by atoms with E-state index in [-0.39, 0.29) is 59.5 Å². The zero-order chi connectivity index (χ0) is 36.1. The fourth-order valence-corrected chi connectivity index (χ4v) is 5.58. The topological polar surface area (TPSA) is 313 Å². The number of carbonyl (C=O) groups excluding carboxylic acids is 1. The molecule has 0 aliphatic heterocycles. The maximum atomic E-state index is 12.3. The molecule has 9 N–H and O–H groups in total. The van der Waals surface area contributed by atoms with Crippen LogP contribution >= 0.6 is 0 Å². The number of aliphatic hydroxyl groups is 2. The van der Waals surface area contributed by atoms with Crippen LogP contribution in [-0.2, 0) is 25.0 Å². The van der Waals surface area contributed by atoms with Crippen molar-refractivity contribution in [3.63, 3.8) is 0 Å². The summed E-state index contributed by atoms with van der Waals surface area (Å²) >= 11 is 0. The quantitative estimate of drug-likeness (QED) is 0.0552. The maximum Gasteiger partial charge on any atom is 0.296 e. The van der Waals surface area contributed by atoms with Crippen LogP contribution in [-0.4, -0.2) is 78.7 Å². The van der Waals surface area contributed by atoms with E-state index in [1.807, 2.05) is 0 Å². The number of phenols is 2. The molecule has 4 rings (SSSR count). The highest BCUT2D eigenvalue weighted by Gasteiger charge is 2.25. The second-order valence-electron chi connectivity index (χ2n) is 9.82. The van der Waals surface area contributed by atoms with Crippen molar-refractivity contribution in [2.45, 2.75) is 16.7 Å². The van der Waals surface area contributed by atoms with Crippen LogP contribution in [0.25, 0.3) is 10.8 Å². The summed E-state index contributed by atoms with van der Waals surface area (Å²) in [4.78, 5) is 9.71. The van der Waals surface area contributed by atoms with Crippen molar-refractivity contribution in [3.8, 4) is 23.0 Å². The van der Waals surface area contributed by atoms with Crippen molar-refractivity contribution in [1.29, 1.82) is 0 Å². The highest BCUT2D eigenvalue weighted by molar-refractivity contribution is 7.86. The van der Waals surface area contributed by atoms with Gasteiger partial charge < -0.3 is 41.0 Å². The van der Waals surface area contributed by atoms with Crippen molar-refractivity contribution in [2.75, 3.05) is 37.5 Å². The number of nitrogens with two attached hydrogens (primary N) is 1. The summed E-state index contributed by atoms with van der Waals surface area (Å²) in [6.07, 6.45) is 0. The van der Waals surface area contributed by atoms with E-state index in [0.717, 1.165) is 24.3 Å². The van der Waals surface area contributed by atoms with Crippen molar-refractivity contribution in [2.24, 2.45) is 20.5 Å². The van der Waals surface area contributed by atoms with Gasteiger partial charge in [-0.2, -0.15) is 16.8 Å². The number of benzene rings is 4. The molecule has 0 bridgehead atoms. The molecule has 260 valence electrons. The molecule has 4 aromatic carbocycles. The first-order valence-corrected chi connectivity index (χ1v) is 16.6. The van der Waals surface area contributed by atoms with E-state index in [1.165, 1.54) is 31.2 Å². The number of rotatable bonds is 13. The standard InChI is InChI=1S/C28H28N6O13S2/c1-14(37)30-16-3-5-18(23(11-16)48(40,41)42)31-32-19-4-2-15-10-24(49(43,44)45)26(28(39)25(15)27(19)38)34-33-20-13-21(46-8-6-35)17(29)12-22(20)47-9-7-36/h2-5,10-13,35-36,38-39H,6-9,29H2,1H3,(H,30,37)(H,40,41,42)(H,43,44,45)/b32-31+,34-33+. The number of hydrogen-bond donors (Lipinski definition) is 8. The first kappa shape index (κ1) is 36.4. The molecule has 0 saturated heterocycles. The van der Waals surface area contributed by atoms with Crippen molar-refractivity contribution in [1.82, 2.24) is 0 Å². The molecule has 0 atom stereocenters. The zero-order valence-electron chi connectivity index (χ0n) is 25.2. The first-order chi connectivity index (χ1) is 23.0. The SMILES string of the molecule is CC(=O)Nc1ccc(/N=N/c2ccc3cc(S(=O)(=O)O)c(/N=N/c4cc(OCCO)c(N)cc4OCCO)c(O)c3c2O)c(S(=O)(=O)O)c1. The molecular weight excluding hydrogens is 692 g/mol. The second-order valence-corrected chi connectivity index (χ2v) is 12.6. The summed E-state index contributed by atoms with van der Waals surface area (Å²) in [5.41, 5.74) is 4.25. The van der Waals surface area contributed by atoms with E-state index in [9.17, 15) is 46.1 Å². The lowest BCUT2D eigenvalue weighted by Crippen LogP contribution is -2.07. The summed E-state index contributed by atoms with van der Waals surface area (Å²) < 4.78 is 79.0. The van der Waals surface area contributed by atoms with Crippen LogP contribution in [0.2, 0.25) is 0 Å². The number of ether oxygens (including phenoxy) is 2. The van der Waals surface area contributed by atoms with Crippen molar-refractivity contribution in [3.05, 3.63) is 48.5 Å². The van der Waals surface area contributed by atoms with Gasteiger partial charge in [0.05, 0.1) is 24.3 Å². The summed E-state index contributed by atoms with van der Waals surface area (Å²) in [7, 11) is -9.96. The lowest BCUT2D eigenvalue weighted by atomic mass is 10.1. The van der Waals surface area contributed by atoms with Crippen molar-refractivity contribution >= 4 is 71.0 Å². The number of fused-ring (bicyclic) bond motifs is 1. The molecule has 0 fully saturated rings. The van der Waals surface area contributed by atoms with Gasteiger partial charge >= 0.3 is 0 Å². The minimum absolute atomic E-state index is 0.0200. The molecule has 0 heterocycles. The predicted molar refractivity (Wildman–Crippen MR) is 172 cm³/mol. The number of aliphatic hydroxyl groups excluding tert-OH is 2. The molecule has 0 radical (unpaired) electrons. The highest BCUT2D eigenvalue weighted by atomic mass is 32.2. The van der Waals surface area contributed by atoms with E-state index >= 15 is 0 Å². The number of carbonyl (C=O) groups is 1. The minimum atomic E-state index is -5.08. The monoisotopic (exact) mass is 720 g/mol. The molecule has 19 nitrogen and oxygen atoms in total. The lowest BCUT2D eigenvalue weighted by molar-refractivity contribution is -0.114. The average Bonchev–Trinajstić information content (AvgIpc) is 3.01.